The van der Waals surface area contributed by atoms with Gasteiger partial charge in [-0.3, -0.25) is 0 Å². The first-order chi connectivity index (χ1) is 8.42. The van der Waals surface area contributed by atoms with Crippen molar-refractivity contribution in [3.8, 4) is 11.3 Å². The first kappa shape index (κ1) is 10.6. The minimum absolute atomic E-state index is 0.779. The predicted molar refractivity (Wildman–Crippen MR) is 67.7 cm³/mol. The quantitative estimate of drug-likeness (QED) is 0.755. The highest BCUT2D eigenvalue weighted by Crippen LogP contribution is 2.20. The van der Waals surface area contributed by atoms with Crippen LogP contribution >= 0.6 is 0 Å². The molecule has 1 aliphatic rings. The molecule has 0 aliphatic carbocycles. The number of hydrogen-bond acceptors (Lipinski definition) is 2. The Morgan fingerprint density at radius 2 is 2.18 bits per heavy atom. The van der Waals surface area contributed by atoms with Gasteiger partial charge >= 0.3 is 0 Å². The monoisotopic (exact) mass is 230 g/mol. The average molecular weight is 230 g/mol. The third-order valence-electron chi connectivity index (χ3n) is 3.48. The maximum atomic E-state index is 4.48. The summed E-state index contributed by atoms with van der Waals surface area (Å²) < 4.78 is 0. The van der Waals surface area contributed by atoms with E-state index in [1.807, 2.05) is 18.6 Å². The van der Waals surface area contributed by atoms with Crippen LogP contribution in [0.4, 0.5) is 0 Å². The molecule has 0 bridgehead atoms. The summed E-state index contributed by atoms with van der Waals surface area (Å²) in [5.74, 6) is 1.90. The van der Waals surface area contributed by atoms with Crippen molar-refractivity contribution >= 4 is 0 Å². The summed E-state index contributed by atoms with van der Waals surface area (Å²) in [5.41, 5.74) is 2.28. The number of rotatable bonds is 3. The van der Waals surface area contributed by atoms with Crippen molar-refractivity contribution in [2.24, 2.45) is 5.92 Å². The van der Waals surface area contributed by atoms with Gasteiger partial charge in [0.25, 0.3) is 0 Å². The summed E-state index contributed by atoms with van der Waals surface area (Å²) in [6, 6.07) is 2.06. The molecule has 2 aromatic heterocycles. The van der Waals surface area contributed by atoms with Crippen LogP contribution in [-0.4, -0.2) is 28.0 Å². The maximum Gasteiger partial charge on any atom is 0.106 e. The van der Waals surface area contributed by atoms with Crippen molar-refractivity contribution in [1.29, 1.82) is 0 Å². The largest absolute Gasteiger partial charge is 0.367 e. The lowest BCUT2D eigenvalue weighted by Crippen LogP contribution is -2.28. The fourth-order valence-electron chi connectivity index (χ4n) is 2.46. The average Bonchev–Trinajstić information content (AvgIpc) is 3.00. The molecule has 4 nitrogen and oxygen atoms in total. The molecule has 1 aliphatic heterocycles. The zero-order valence-corrected chi connectivity index (χ0v) is 9.87. The van der Waals surface area contributed by atoms with E-state index in [0.29, 0.717) is 0 Å². The first-order valence-corrected chi connectivity index (χ1v) is 6.29. The highest BCUT2D eigenvalue weighted by atomic mass is 14.9. The zero-order chi connectivity index (χ0) is 11.5. The van der Waals surface area contributed by atoms with Crippen molar-refractivity contribution < 1.29 is 0 Å². The van der Waals surface area contributed by atoms with Crippen molar-refractivity contribution in [2.45, 2.75) is 19.3 Å². The van der Waals surface area contributed by atoms with E-state index in [9.17, 15) is 0 Å². The Kier molecular flexibility index (Phi) is 2.96. The Hall–Kier alpha value is -1.55. The van der Waals surface area contributed by atoms with E-state index in [-0.39, 0.29) is 0 Å². The van der Waals surface area contributed by atoms with Crippen LogP contribution < -0.4 is 5.32 Å². The van der Waals surface area contributed by atoms with Crippen LogP contribution in [0.2, 0.25) is 0 Å². The third-order valence-corrected chi connectivity index (χ3v) is 3.48. The molecule has 2 aromatic rings. The summed E-state index contributed by atoms with van der Waals surface area (Å²) in [5, 5.41) is 3.39. The Morgan fingerprint density at radius 1 is 1.29 bits per heavy atom. The van der Waals surface area contributed by atoms with Gasteiger partial charge in [-0.1, -0.05) is 0 Å². The van der Waals surface area contributed by atoms with Gasteiger partial charge < -0.3 is 15.3 Å². The second-order valence-electron chi connectivity index (χ2n) is 4.74. The Balaban J connectivity index is 1.68. The normalized spacial score (nSPS) is 17.4. The molecular weight excluding hydrogens is 212 g/mol. The molecule has 0 aromatic carbocycles. The van der Waals surface area contributed by atoms with Crippen LogP contribution in [0.3, 0.4) is 0 Å². The Morgan fingerprint density at radius 3 is 2.94 bits per heavy atom. The van der Waals surface area contributed by atoms with E-state index in [1.54, 1.807) is 0 Å². The van der Waals surface area contributed by atoms with Crippen LogP contribution in [0.1, 0.15) is 18.7 Å². The van der Waals surface area contributed by atoms with Gasteiger partial charge in [0.2, 0.25) is 0 Å². The fraction of sp³-hybridized carbons (Fsp3) is 0.462. The molecule has 3 heterocycles. The molecule has 0 atom stereocenters. The summed E-state index contributed by atoms with van der Waals surface area (Å²) >= 11 is 0. The standard InChI is InChI=1S/C13H18N4/c1-4-14-5-2-10(1)7-13-16-9-12(17-13)11-3-6-15-8-11/h3,6,8-10,14-15H,1-2,4-5,7H2,(H,16,17). The molecule has 3 rings (SSSR count). The van der Waals surface area contributed by atoms with Gasteiger partial charge in [-0.25, -0.2) is 4.98 Å². The fourth-order valence-corrected chi connectivity index (χ4v) is 2.46. The van der Waals surface area contributed by atoms with Crippen LogP contribution in [-0.2, 0) is 6.42 Å². The Labute approximate surface area is 101 Å². The molecule has 90 valence electrons. The second kappa shape index (κ2) is 4.75. The summed E-state index contributed by atoms with van der Waals surface area (Å²) in [6.07, 6.45) is 9.45. The van der Waals surface area contributed by atoms with Crippen molar-refractivity contribution in [2.75, 3.05) is 13.1 Å². The number of hydrogen-bond donors (Lipinski definition) is 3. The number of aromatic nitrogens is 3. The second-order valence-corrected chi connectivity index (χ2v) is 4.74. The first-order valence-electron chi connectivity index (χ1n) is 6.29. The molecule has 1 fully saturated rings. The van der Waals surface area contributed by atoms with E-state index in [0.717, 1.165) is 36.9 Å². The number of nitrogens with one attached hydrogen (secondary N) is 3. The van der Waals surface area contributed by atoms with Crippen LogP contribution in [0.5, 0.6) is 0 Å². The summed E-state index contributed by atoms with van der Waals surface area (Å²) in [7, 11) is 0. The van der Waals surface area contributed by atoms with Gasteiger partial charge in [0, 0.05) is 24.4 Å². The molecule has 0 radical (unpaired) electrons. The third kappa shape index (κ3) is 2.42. The Bertz CT molecular complexity index is 451. The number of piperidine rings is 1. The van der Waals surface area contributed by atoms with Gasteiger partial charge in [-0.05, 0) is 37.9 Å². The van der Waals surface area contributed by atoms with Gasteiger partial charge in [0.1, 0.15) is 5.82 Å². The highest BCUT2D eigenvalue weighted by molar-refractivity contribution is 5.57. The summed E-state index contributed by atoms with van der Waals surface area (Å²) in [4.78, 5) is 11.0. The SMILES string of the molecule is c1cc(-c2cnc(CC3CCNCC3)[nH]2)c[nH]1. The lowest BCUT2D eigenvalue weighted by atomic mass is 9.94. The van der Waals surface area contributed by atoms with E-state index in [1.165, 1.54) is 18.4 Å². The van der Waals surface area contributed by atoms with Gasteiger partial charge in [-0.15, -0.1) is 0 Å². The number of imidazole rings is 1. The van der Waals surface area contributed by atoms with E-state index in [4.69, 9.17) is 0 Å². The molecule has 1 saturated heterocycles. The van der Waals surface area contributed by atoms with Crippen molar-refractivity contribution in [1.82, 2.24) is 20.3 Å². The molecule has 3 N–H and O–H groups in total. The molecule has 0 saturated carbocycles. The molecule has 0 amide bonds. The predicted octanol–water partition coefficient (Wildman–Crippen LogP) is 1.95. The van der Waals surface area contributed by atoms with Crippen LogP contribution in [0, 0.1) is 5.92 Å². The van der Waals surface area contributed by atoms with Crippen molar-refractivity contribution in [3.05, 3.63) is 30.5 Å². The smallest absolute Gasteiger partial charge is 0.106 e. The van der Waals surface area contributed by atoms with E-state index >= 15 is 0 Å². The minimum atomic E-state index is 0.779. The molecular formula is C13H18N4. The molecule has 0 spiro atoms. The highest BCUT2D eigenvalue weighted by Gasteiger charge is 2.15. The lowest BCUT2D eigenvalue weighted by molar-refractivity contribution is 0.368. The van der Waals surface area contributed by atoms with Crippen LogP contribution in [0.15, 0.2) is 24.7 Å². The lowest BCUT2D eigenvalue weighted by Gasteiger charge is -2.21. The number of aromatic amines is 2. The number of H-pyrrole nitrogens is 2. The van der Waals surface area contributed by atoms with E-state index in [2.05, 4.69) is 26.3 Å². The molecule has 0 unspecified atom stereocenters. The van der Waals surface area contributed by atoms with Gasteiger partial charge in [0.05, 0.1) is 11.9 Å². The van der Waals surface area contributed by atoms with Crippen molar-refractivity contribution in [3.63, 3.8) is 0 Å². The van der Waals surface area contributed by atoms with Crippen LogP contribution in [0.25, 0.3) is 11.3 Å². The van der Waals surface area contributed by atoms with Gasteiger partial charge in [0.15, 0.2) is 0 Å². The molecule has 4 heteroatoms. The topological polar surface area (TPSA) is 56.5 Å². The number of nitrogens with zero attached hydrogens (tertiary/aromatic N) is 1. The summed E-state index contributed by atoms with van der Waals surface area (Å²) in [6.45, 7) is 2.30. The zero-order valence-electron chi connectivity index (χ0n) is 9.87. The van der Waals surface area contributed by atoms with Gasteiger partial charge in [-0.2, -0.15) is 0 Å². The molecule has 17 heavy (non-hydrogen) atoms. The van der Waals surface area contributed by atoms with E-state index < -0.39 is 0 Å². The minimum Gasteiger partial charge on any atom is -0.367 e. The maximum absolute atomic E-state index is 4.48.